The molecule has 4 aromatic rings. The van der Waals surface area contributed by atoms with Crippen molar-refractivity contribution in [3.63, 3.8) is 0 Å². The van der Waals surface area contributed by atoms with E-state index in [4.69, 9.17) is 0 Å². The number of nitrogens with one attached hydrogen (secondary N) is 2. The van der Waals surface area contributed by atoms with Crippen LogP contribution < -0.4 is 26.9 Å². The second-order valence-electron chi connectivity index (χ2n) is 6.25. The smallest absolute Gasteiger partial charge is 0.251 e. The summed E-state index contributed by atoms with van der Waals surface area (Å²) in [6.07, 6.45) is 6.01. The molecule has 0 aliphatic heterocycles. The van der Waals surface area contributed by atoms with E-state index in [0.29, 0.717) is 12.1 Å². The third kappa shape index (κ3) is 4.26. The molecule has 2 heterocycles. The largest absolute Gasteiger partial charge is 1.00 e. The lowest BCUT2D eigenvalue weighted by Gasteiger charge is -2.16. The average Bonchev–Trinajstić information content (AvgIpc) is 3.13. The van der Waals surface area contributed by atoms with Gasteiger partial charge >= 0.3 is 0 Å². The Hall–Kier alpha value is -2.92. The van der Waals surface area contributed by atoms with Crippen molar-refractivity contribution in [3.8, 4) is 0 Å². The molecule has 1 atom stereocenters. The molecule has 1 unspecified atom stereocenters. The second kappa shape index (κ2) is 8.64. The van der Waals surface area contributed by atoms with E-state index in [1.165, 1.54) is 0 Å². The molecule has 1 amide bonds. The molecule has 136 valence electrons. The third-order valence-electron chi connectivity index (χ3n) is 4.51. The summed E-state index contributed by atoms with van der Waals surface area (Å²) >= 11 is 0. The highest BCUT2D eigenvalue weighted by Crippen LogP contribution is 2.24. The Kier molecular flexibility index (Phi) is 6.04. The Balaban J connectivity index is 0.00000210. The number of hydrogen-bond donors (Lipinski definition) is 2. The summed E-state index contributed by atoms with van der Waals surface area (Å²) in [5.41, 5.74) is 2.82. The van der Waals surface area contributed by atoms with Gasteiger partial charge in [-0.1, -0.05) is 42.5 Å². The number of aromatic amines is 1. The van der Waals surface area contributed by atoms with E-state index in [2.05, 4.69) is 20.9 Å². The summed E-state index contributed by atoms with van der Waals surface area (Å²) in [6, 6.07) is 23.3. The normalized spacial score (nSPS) is 11.6. The predicted molar refractivity (Wildman–Crippen MR) is 102 cm³/mol. The molecule has 0 saturated heterocycles. The zero-order chi connectivity index (χ0) is 17.8. The highest BCUT2D eigenvalue weighted by molar-refractivity contribution is 5.95. The zero-order valence-electron chi connectivity index (χ0n) is 14.7. The van der Waals surface area contributed by atoms with Gasteiger partial charge in [-0.2, -0.15) is 0 Å². The Morgan fingerprint density at radius 2 is 1.59 bits per heavy atom. The number of para-hydroxylation sites is 1. The van der Waals surface area contributed by atoms with E-state index >= 15 is 0 Å². The molecule has 0 spiro atoms. The topological polar surface area (TPSA) is 48.8 Å². The van der Waals surface area contributed by atoms with Crippen LogP contribution in [0, 0.1) is 0 Å². The van der Waals surface area contributed by atoms with Crippen LogP contribution in [-0.2, 0) is 6.54 Å². The van der Waals surface area contributed by atoms with E-state index in [-0.39, 0.29) is 28.9 Å². The summed E-state index contributed by atoms with van der Waals surface area (Å²) in [5, 5.41) is 4.32. The Morgan fingerprint density at radius 3 is 2.37 bits per heavy atom. The molecule has 0 aliphatic rings. The number of H-pyrrole nitrogens is 1. The molecule has 4 nitrogen and oxygen atoms in total. The Bertz CT molecular complexity index is 1020. The maximum absolute atomic E-state index is 12.7. The number of carbonyl (C=O) groups is 1. The van der Waals surface area contributed by atoms with Gasteiger partial charge in [0.05, 0.1) is 0 Å². The average molecular weight is 422 g/mol. The highest BCUT2D eigenvalue weighted by atomic mass is 79.9. The number of fused-ring (bicyclic) bond motifs is 1. The zero-order valence-corrected chi connectivity index (χ0v) is 16.3. The SMILES string of the molecule is O=C(NC(C[n+]1ccccc1)c1c[nH]c2ccccc12)c1ccccc1.[Br-]. The number of carbonyl (C=O) groups excluding carboxylic acids is 1. The van der Waals surface area contributed by atoms with Gasteiger partial charge < -0.3 is 27.3 Å². The number of hydrogen-bond acceptors (Lipinski definition) is 1. The van der Waals surface area contributed by atoms with E-state index in [9.17, 15) is 4.79 Å². The Morgan fingerprint density at radius 1 is 0.926 bits per heavy atom. The molecular weight excluding hydrogens is 402 g/mol. The van der Waals surface area contributed by atoms with Gasteiger partial charge in [0.15, 0.2) is 18.9 Å². The minimum Gasteiger partial charge on any atom is -1.00 e. The van der Waals surface area contributed by atoms with E-state index in [1.54, 1.807) is 0 Å². The van der Waals surface area contributed by atoms with Crippen molar-refractivity contribution in [1.82, 2.24) is 10.3 Å². The number of halogens is 1. The minimum absolute atomic E-state index is 0. The Labute approximate surface area is 168 Å². The number of aromatic nitrogens is 2. The fourth-order valence-corrected chi connectivity index (χ4v) is 3.20. The van der Waals surface area contributed by atoms with Crippen molar-refractivity contribution < 1.29 is 26.3 Å². The second-order valence-corrected chi connectivity index (χ2v) is 6.25. The van der Waals surface area contributed by atoms with Crippen molar-refractivity contribution in [3.05, 3.63) is 103 Å². The first-order chi connectivity index (χ1) is 12.8. The lowest BCUT2D eigenvalue weighted by atomic mass is 10.0. The summed E-state index contributed by atoms with van der Waals surface area (Å²) in [6.45, 7) is 0.654. The van der Waals surface area contributed by atoms with Crippen LogP contribution in [0.4, 0.5) is 0 Å². The molecule has 2 aromatic carbocycles. The first kappa shape index (κ1) is 18.9. The van der Waals surface area contributed by atoms with Crippen LogP contribution in [0.3, 0.4) is 0 Å². The van der Waals surface area contributed by atoms with Crippen molar-refractivity contribution >= 4 is 16.8 Å². The fourth-order valence-electron chi connectivity index (χ4n) is 3.20. The van der Waals surface area contributed by atoms with Gasteiger partial charge in [-0.25, -0.2) is 4.57 Å². The summed E-state index contributed by atoms with van der Waals surface area (Å²) in [5.74, 6) is -0.0718. The van der Waals surface area contributed by atoms with Crippen molar-refractivity contribution in [2.45, 2.75) is 12.6 Å². The molecule has 4 rings (SSSR count). The van der Waals surface area contributed by atoms with Crippen molar-refractivity contribution in [2.24, 2.45) is 0 Å². The lowest BCUT2D eigenvalue weighted by Crippen LogP contribution is -3.00. The van der Waals surface area contributed by atoms with E-state index < -0.39 is 0 Å². The van der Waals surface area contributed by atoms with Gasteiger partial charge in [-0.15, -0.1) is 0 Å². The van der Waals surface area contributed by atoms with E-state index in [1.807, 2.05) is 85.3 Å². The standard InChI is InChI=1S/C22H19N3O.BrH/c26-22(17-9-3-1-4-10-17)24-21(16-25-13-7-2-8-14-25)19-15-23-20-12-6-5-11-18(19)20;/h1-15,21,23H,16H2;1H. The van der Waals surface area contributed by atoms with Crippen LogP contribution in [0.5, 0.6) is 0 Å². The van der Waals surface area contributed by atoms with Gasteiger partial charge in [-0.05, 0) is 18.2 Å². The molecule has 2 N–H and O–H groups in total. The number of pyridine rings is 1. The summed E-state index contributed by atoms with van der Waals surface area (Å²) in [7, 11) is 0. The molecule has 0 aliphatic carbocycles. The molecule has 0 radical (unpaired) electrons. The number of benzene rings is 2. The quantitative estimate of drug-likeness (QED) is 0.456. The van der Waals surface area contributed by atoms with Crippen LogP contribution in [0.1, 0.15) is 22.0 Å². The summed E-state index contributed by atoms with van der Waals surface area (Å²) < 4.78 is 2.08. The minimum atomic E-state index is -0.147. The number of amides is 1. The van der Waals surface area contributed by atoms with Gasteiger partial charge in [0.25, 0.3) is 5.91 Å². The summed E-state index contributed by atoms with van der Waals surface area (Å²) in [4.78, 5) is 16.1. The molecule has 27 heavy (non-hydrogen) atoms. The molecule has 0 fully saturated rings. The number of rotatable bonds is 5. The first-order valence-electron chi connectivity index (χ1n) is 8.67. The molecule has 0 bridgehead atoms. The molecule has 5 heteroatoms. The van der Waals surface area contributed by atoms with Gasteiger partial charge in [-0.3, -0.25) is 4.79 Å². The molecule has 2 aromatic heterocycles. The first-order valence-corrected chi connectivity index (χ1v) is 8.67. The van der Waals surface area contributed by atoms with Crippen molar-refractivity contribution in [1.29, 1.82) is 0 Å². The monoisotopic (exact) mass is 421 g/mol. The van der Waals surface area contributed by atoms with Crippen LogP contribution >= 0.6 is 0 Å². The van der Waals surface area contributed by atoms with Gasteiger partial charge in [0.2, 0.25) is 0 Å². The van der Waals surface area contributed by atoms with Crippen LogP contribution in [0.2, 0.25) is 0 Å². The fraction of sp³-hybridized carbons (Fsp3) is 0.0909. The van der Waals surface area contributed by atoms with Crippen LogP contribution in [0.25, 0.3) is 10.9 Å². The maximum Gasteiger partial charge on any atom is 0.251 e. The molecule has 0 saturated carbocycles. The highest BCUT2D eigenvalue weighted by Gasteiger charge is 2.22. The van der Waals surface area contributed by atoms with Gasteiger partial charge in [0.1, 0.15) is 6.04 Å². The van der Waals surface area contributed by atoms with Gasteiger partial charge in [0, 0.05) is 40.4 Å². The van der Waals surface area contributed by atoms with Crippen LogP contribution in [0.15, 0.2) is 91.4 Å². The third-order valence-corrected chi connectivity index (χ3v) is 4.51. The van der Waals surface area contributed by atoms with Crippen LogP contribution in [-0.4, -0.2) is 10.9 Å². The van der Waals surface area contributed by atoms with E-state index in [0.717, 1.165) is 16.5 Å². The maximum atomic E-state index is 12.7. The lowest BCUT2D eigenvalue weighted by molar-refractivity contribution is -0.700. The predicted octanol–water partition coefficient (Wildman–Crippen LogP) is 0.631. The van der Waals surface area contributed by atoms with Crippen molar-refractivity contribution in [2.75, 3.05) is 0 Å². The number of nitrogens with zero attached hydrogens (tertiary/aromatic N) is 1. The molecular formula is C22H20BrN3O.